The largest absolute Gasteiger partial charge is 0.376 e. The van der Waals surface area contributed by atoms with E-state index in [0.29, 0.717) is 26.4 Å². The molecule has 5 heteroatoms. The Morgan fingerprint density at radius 3 is 2.82 bits per heavy atom. The van der Waals surface area contributed by atoms with E-state index in [2.05, 4.69) is 17.6 Å². The molecule has 0 spiro atoms. The number of amides is 2. The van der Waals surface area contributed by atoms with Gasteiger partial charge in [0.15, 0.2) is 0 Å². The van der Waals surface area contributed by atoms with Crippen molar-refractivity contribution in [3.8, 4) is 0 Å². The molecule has 1 aromatic carbocycles. The molecule has 0 bridgehead atoms. The molecule has 0 unspecified atom stereocenters. The van der Waals surface area contributed by atoms with E-state index in [1.165, 1.54) is 0 Å². The Labute approximate surface area is 133 Å². The molecule has 0 saturated carbocycles. The third-order valence-corrected chi connectivity index (χ3v) is 2.95. The van der Waals surface area contributed by atoms with Gasteiger partial charge in [0.25, 0.3) is 0 Å². The highest BCUT2D eigenvalue weighted by Gasteiger charge is 2.02. The van der Waals surface area contributed by atoms with Crippen molar-refractivity contribution < 1.29 is 14.3 Å². The average Bonchev–Trinajstić information content (AvgIpc) is 2.47. The molecule has 22 heavy (non-hydrogen) atoms. The fourth-order valence-electron chi connectivity index (χ4n) is 1.83. The number of hydrogen-bond acceptors (Lipinski definition) is 3. The van der Waals surface area contributed by atoms with Crippen LogP contribution in [0.15, 0.2) is 24.3 Å². The van der Waals surface area contributed by atoms with Crippen LogP contribution in [-0.4, -0.2) is 31.9 Å². The number of ether oxygens (including phenoxy) is 2. The number of benzene rings is 1. The molecule has 0 fully saturated rings. The molecule has 0 radical (unpaired) electrons. The predicted octanol–water partition coefficient (Wildman–Crippen LogP) is 3.55. The minimum atomic E-state index is -0.170. The van der Waals surface area contributed by atoms with Crippen LogP contribution in [-0.2, 0) is 16.1 Å². The Kier molecular flexibility index (Phi) is 9.26. The minimum absolute atomic E-state index is 0.170. The lowest BCUT2D eigenvalue weighted by Gasteiger charge is -2.10. The zero-order valence-corrected chi connectivity index (χ0v) is 13.9. The summed E-state index contributed by atoms with van der Waals surface area (Å²) in [5.41, 5.74) is 1.80. The molecule has 1 aromatic rings. The van der Waals surface area contributed by atoms with Gasteiger partial charge in [-0.25, -0.2) is 4.79 Å². The first kappa shape index (κ1) is 18.5. The second-order valence-corrected chi connectivity index (χ2v) is 5.41. The van der Waals surface area contributed by atoms with Crippen LogP contribution in [0.1, 0.15) is 39.2 Å². The molecule has 2 N–H and O–H groups in total. The number of rotatable bonds is 10. The molecule has 5 nitrogen and oxygen atoms in total. The zero-order chi connectivity index (χ0) is 16.2. The van der Waals surface area contributed by atoms with Crippen LogP contribution in [0.3, 0.4) is 0 Å². The second kappa shape index (κ2) is 11.0. The highest BCUT2D eigenvalue weighted by molar-refractivity contribution is 5.89. The van der Waals surface area contributed by atoms with E-state index in [4.69, 9.17) is 9.47 Å². The van der Waals surface area contributed by atoms with Gasteiger partial charge in [0, 0.05) is 12.2 Å². The first-order chi connectivity index (χ1) is 10.6. The van der Waals surface area contributed by atoms with Gasteiger partial charge in [-0.05, 0) is 38.0 Å². The number of nitrogens with one attached hydrogen (secondary N) is 2. The van der Waals surface area contributed by atoms with Crippen molar-refractivity contribution in [1.82, 2.24) is 5.32 Å². The van der Waals surface area contributed by atoms with Crippen molar-refractivity contribution in [3.63, 3.8) is 0 Å². The third kappa shape index (κ3) is 8.64. The summed E-state index contributed by atoms with van der Waals surface area (Å²) in [7, 11) is 0. The van der Waals surface area contributed by atoms with Crippen molar-refractivity contribution in [2.75, 3.05) is 25.1 Å². The fraction of sp³-hybridized carbons (Fsp3) is 0.588. The van der Waals surface area contributed by atoms with Crippen LogP contribution < -0.4 is 10.6 Å². The Bertz CT molecular complexity index is 436. The van der Waals surface area contributed by atoms with Gasteiger partial charge in [0.1, 0.15) is 0 Å². The Morgan fingerprint density at radius 1 is 1.27 bits per heavy atom. The molecular formula is C17H28N2O3. The molecule has 0 aliphatic rings. The number of unbranched alkanes of at least 4 members (excludes halogenated alkanes) is 1. The standard InChI is InChI=1S/C17H28N2O3/c1-4-5-9-18-17(20)19-16-8-6-7-15(12-16)13-21-10-11-22-14(2)3/h6-8,12,14H,4-5,9-11,13H2,1-3H3,(H2,18,19,20). The van der Waals surface area contributed by atoms with E-state index in [-0.39, 0.29) is 12.1 Å². The third-order valence-electron chi connectivity index (χ3n) is 2.95. The van der Waals surface area contributed by atoms with E-state index < -0.39 is 0 Å². The molecule has 0 heterocycles. The molecule has 0 aromatic heterocycles. The SMILES string of the molecule is CCCCNC(=O)Nc1cccc(COCCOC(C)C)c1. The Hall–Kier alpha value is -1.59. The number of carbonyl (C=O) groups is 1. The summed E-state index contributed by atoms with van der Waals surface area (Å²) in [4.78, 5) is 11.7. The highest BCUT2D eigenvalue weighted by Crippen LogP contribution is 2.11. The van der Waals surface area contributed by atoms with Crippen molar-refractivity contribution in [2.45, 2.75) is 46.3 Å². The van der Waals surface area contributed by atoms with Crippen molar-refractivity contribution in [1.29, 1.82) is 0 Å². The molecule has 0 saturated heterocycles. The summed E-state index contributed by atoms with van der Waals surface area (Å²) in [6.45, 7) is 8.45. The monoisotopic (exact) mass is 308 g/mol. The second-order valence-electron chi connectivity index (χ2n) is 5.41. The van der Waals surface area contributed by atoms with Crippen LogP contribution >= 0.6 is 0 Å². The molecule has 1 rings (SSSR count). The van der Waals surface area contributed by atoms with Crippen LogP contribution in [0.5, 0.6) is 0 Å². The van der Waals surface area contributed by atoms with Gasteiger partial charge in [-0.2, -0.15) is 0 Å². The summed E-state index contributed by atoms with van der Waals surface area (Å²) >= 11 is 0. The summed E-state index contributed by atoms with van der Waals surface area (Å²) in [5, 5.41) is 5.65. The molecule has 0 aliphatic heterocycles. The van der Waals surface area contributed by atoms with Crippen molar-refractivity contribution in [2.24, 2.45) is 0 Å². The number of hydrogen-bond donors (Lipinski definition) is 2. The Morgan fingerprint density at radius 2 is 2.09 bits per heavy atom. The van der Waals surface area contributed by atoms with E-state index in [0.717, 1.165) is 24.1 Å². The maximum atomic E-state index is 11.7. The van der Waals surface area contributed by atoms with Gasteiger partial charge in [-0.3, -0.25) is 0 Å². The van der Waals surface area contributed by atoms with Crippen molar-refractivity contribution in [3.05, 3.63) is 29.8 Å². The molecule has 0 atom stereocenters. The number of urea groups is 1. The summed E-state index contributed by atoms with van der Waals surface area (Å²) in [6.07, 6.45) is 2.27. The van der Waals surface area contributed by atoms with E-state index in [1.54, 1.807) is 0 Å². The minimum Gasteiger partial charge on any atom is -0.376 e. The van der Waals surface area contributed by atoms with Crippen LogP contribution in [0.4, 0.5) is 10.5 Å². The maximum absolute atomic E-state index is 11.7. The number of carbonyl (C=O) groups excluding carboxylic acids is 1. The summed E-state index contributed by atoms with van der Waals surface area (Å²) < 4.78 is 11.0. The highest BCUT2D eigenvalue weighted by atomic mass is 16.5. The first-order valence-corrected chi connectivity index (χ1v) is 7.95. The fourth-order valence-corrected chi connectivity index (χ4v) is 1.83. The molecular weight excluding hydrogens is 280 g/mol. The molecule has 2 amide bonds. The summed E-state index contributed by atoms with van der Waals surface area (Å²) in [5.74, 6) is 0. The molecule has 0 aliphatic carbocycles. The van der Waals surface area contributed by atoms with Crippen LogP contribution in [0.25, 0.3) is 0 Å². The van der Waals surface area contributed by atoms with E-state index >= 15 is 0 Å². The van der Waals surface area contributed by atoms with Gasteiger partial charge >= 0.3 is 6.03 Å². The molecule has 124 valence electrons. The van der Waals surface area contributed by atoms with E-state index in [1.807, 2.05) is 38.1 Å². The van der Waals surface area contributed by atoms with Gasteiger partial charge < -0.3 is 20.1 Å². The summed E-state index contributed by atoms with van der Waals surface area (Å²) in [6, 6.07) is 7.50. The lowest BCUT2D eigenvalue weighted by atomic mass is 10.2. The smallest absolute Gasteiger partial charge is 0.319 e. The average molecular weight is 308 g/mol. The number of anilines is 1. The topological polar surface area (TPSA) is 59.6 Å². The van der Waals surface area contributed by atoms with E-state index in [9.17, 15) is 4.79 Å². The first-order valence-electron chi connectivity index (χ1n) is 7.95. The van der Waals surface area contributed by atoms with Gasteiger partial charge in [0.05, 0.1) is 25.9 Å². The van der Waals surface area contributed by atoms with Crippen LogP contribution in [0, 0.1) is 0 Å². The lowest BCUT2D eigenvalue weighted by Crippen LogP contribution is -2.29. The quantitative estimate of drug-likeness (QED) is 0.650. The lowest BCUT2D eigenvalue weighted by molar-refractivity contribution is 0.0143. The van der Waals surface area contributed by atoms with Gasteiger partial charge in [-0.1, -0.05) is 25.5 Å². The van der Waals surface area contributed by atoms with Crippen molar-refractivity contribution >= 4 is 11.7 Å². The predicted molar refractivity (Wildman–Crippen MR) is 89.1 cm³/mol. The normalized spacial score (nSPS) is 10.7. The van der Waals surface area contributed by atoms with Gasteiger partial charge in [0.2, 0.25) is 0 Å². The van der Waals surface area contributed by atoms with Gasteiger partial charge in [-0.15, -0.1) is 0 Å². The Balaban J connectivity index is 2.31. The van der Waals surface area contributed by atoms with Crippen LogP contribution in [0.2, 0.25) is 0 Å². The zero-order valence-electron chi connectivity index (χ0n) is 13.9. The maximum Gasteiger partial charge on any atom is 0.319 e.